The van der Waals surface area contributed by atoms with Gasteiger partial charge >= 0.3 is 25.4 Å². The molecule has 0 amide bonds. The van der Waals surface area contributed by atoms with Crippen molar-refractivity contribution in [3.63, 3.8) is 0 Å². The quantitative estimate of drug-likeness (QED) is 0.0530. The third-order valence-electron chi connectivity index (χ3n) is 5.90. The van der Waals surface area contributed by atoms with Crippen molar-refractivity contribution in [3.05, 3.63) is 91.8 Å². The number of carbonyl (C=O) groups is 1. The lowest BCUT2D eigenvalue weighted by atomic mass is 10.2. The zero-order valence-electron chi connectivity index (χ0n) is 26.0. The summed E-state index contributed by atoms with van der Waals surface area (Å²) >= 11 is 11.5. The molecule has 5 rings (SSSR count). The van der Waals surface area contributed by atoms with E-state index in [1.54, 1.807) is 17.7 Å². The number of halogens is 7. The number of nitrogens with one attached hydrogen (secondary N) is 2. The van der Waals surface area contributed by atoms with Gasteiger partial charge in [-0.3, -0.25) is 29.5 Å². The Labute approximate surface area is 302 Å². The Morgan fingerprint density at radius 2 is 1.70 bits per heavy atom. The van der Waals surface area contributed by atoms with Crippen molar-refractivity contribution in [3.8, 4) is 5.69 Å². The number of carboxylic acids is 1. The number of aryl methyl sites for hydroxylation is 1. The van der Waals surface area contributed by atoms with E-state index in [-0.39, 0.29) is 21.5 Å². The zero-order valence-corrected chi connectivity index (χ0v) is 29.3. The van der Waals surface area contributed by atoms with E-state index in [0.717, 1.165) is 33.6 Å². The fourth-order valence-corrected chi connectivity index (χ4v) is 5.65. The molecule has 0 saturated heterocycles. The molecule has 19 nitrogen and oxygen atoms in total. The number of anilines is 2. The van der Waals surface area contributed by atoms with Crippen LogP contribution in [0.1, 0.15) is 11.3 Å². The van der Waals surface area contributed by atoms with E-state index in [1.165, 1.54) is 6.20 Å². The minimum absolute atomic E-state index is 0.0642. The Bertz CT molecular complexity index is 2280. The van der Waals surface area contributed by atoms with E-state index in [9.17, 15) is 49.8 Å². The summed E-state index contributed by atoms with van der Waals surface area (Å²) in [6.07, 6.45) is -2.90. The highest BCUT2D eigenvalue weighted by Crippen LogP contribution is 2.39. The summed E-state index contributed by atoms with van der Waals surface area (Å²) in [5.41, 5.74) is 3.62. The van der Waals surface area contributed by atoms with E-state index >= 15 is 0 Å². The van der Waals surface area contributed by atoms with Gasteiger partial charge < -0.3 is 20.6 Å². The number of benzene rings is 2. The molecule has 0 unspecified atom stereocenters. The van der Waals surface area contributed by atoms with E-state index in [1.807, 2.05) is 0 Å². The van der Waals surface area contributed by atoms with Crippen LogP contribution in [-0.4, -0.2) is 76.4 Å². The summed E-state index contributed by atoms with van der Waals surface area (Å²) in [7, 11) is -8.44. The summed E-state index contributed by atoms with van der Waals surface area (Å²) in [5, 5.41) is 26.7. The number of nitro groups is 1. The van der Waals surface area contributed by atoms with E-state index in [0.29, 0.717) is 17.8 Å². The minimum Gasteiger partial charge on any atom is -0.480 e. The van der Waals surface area contributed by atoms with Gasteiger partial charge in [-0.05, 0) is 37.3 Å². The smallest absolute Gasteiger partial charge is 0.416 e. The number of carboxylic acid groups (broad SMARTS) is 1. The third kappa shape index (κ3) is 11.5. The van der Waals surface area contributed by atoms with Crippen molar-refractivity contribution in [2.24, 2.45) is 0 Å². The number of rotatable bonds is 9. The lowest BCUT2D eigenvalue weighted by molar-refractivity contribution is -0.383. The summed E-state index contributed by atoms with van der Waals surface area (Å²) < 4.78 is 103. The Morgan fingerprint density at radius 3 is 2.19 bits per heavy atom. The molecule has 2 aromatic carbocycles. The molecule has 0 aliphatic heterocycles. The second-order valence-electron chi connectivity index (χ2n) is 9.92. The molecule has 28 heteroatoms. The number of sulfonamides is 1. The van der Waals surface area contributed by atoms with Gasteiger partial charge in [-0.1, -0.05) is 29.3 Å². The number of hydrogen-bond acceptors (Lipinski definition) is 12. The number of para-hydroxylation sites is 1. The van der Waals surface area contributed by atoms with Gasteiger partial charge in [-0.15, -0.1) is 5.10 Å². The molecule has 3 aromatic heterocycles. The first-order chi connectivity index (χ1) is 24.4. The maximum absolute atomic E-state index is 13.5. The summed E-state index contributed by atoms with van der Waals surface area (Å²) in [6, 6.07) is 5.87. The largest absolute Gasteiger partial charge is 0.480 e. The molecule has 0 radical (unpaired) electrons. The van der Waals surface area contributed by atoms with Crippen LogP contribution in [0.25, 0.3) is 11.5 Å². The summed E-state index contributed by atoms with van der Waals surface area (Å²) in [4.78, 5) is 43.8. The highest BCUT2D eigenvalue weighted by molar-refractivity contribution is 7.92. The number of nitrogens with zero attached hydrogens (tertiary/aromatic N) is 7. The van der Waals surface area contributed by atoms with E-state index in [4.69, 9.17) is 43.8 Å². The van der Waals surface area contributed by atoms with Crippen LogP contribution in [0, 0.1) is 28.7 Å². The lowest BCUT2D eigenvalue weighted by Crippen LogP contribution is -2.23. The maximum atomic E-state index is 13.5. The molecule has 0 aliphatic rings. The molecule has 3 heterocycles. The number of aromatic nitrogens is 6. The van der Waals surface area contributed by atoms with Crippen LogP contribution in [0.4, 0.5) is 39.1 Å². The number of hydrogen-bond donors (Lipinski definition) is 6. The second-order valence-corrected chi connectivity index (χ2v) is 14.0. The van der Waals surface area contributed by atoms with E-state index in [2.05, 4.69) is 25.5 Å². The van der Waals surface area contributed by atoms with Crippen molar-refractivity contribution < 1.29 is 59.5 Å². The third-order valence-corrected chi connectivity index (χ3v) is 8.24. The average molecular weight is 835 g/mol. The predicted molar refractivity (Wildman–Crippen MR) is 175 cm³/mol. The molecule has 286 valence electrons. The average Bonchev–Trinajstić information content (AvgIpc) is 3.62. The molecular weight excluding hydrogens is 813 g/mol. The molecule has 0 fully saturated rings. The molecular formula is C25H22Cl2F5N10O9PS. The first-order valence-electron chi connectivity index (χ1n) is 13.6. The van der Waals surface area contributed by atoms with Gasteiger partial charge in [-0.25, -0.2) is 23.0 Å². The van der Waals surface area contributed by atoms with Crippen molar-refractivity contribution in [2.45, 2.75) is 18.3 Å². The minimum atomic E-state index is -4.63. The molecule has 0 saturated carbocycles. The van der Waals surface area contributed by atoms with Crippen LogP contribution in [0.2, 0.25) is 10.0 Å². The molecule has 0 bridgehead atoms. The molecule has 53 heavy (non-hydrogen) atoms. The zero-order chi connectivity index (χ0) is 40.1. The van der Waals surface area contributed by atoms with Gasteiger partial charge in [0.15, 0.2) is 0 Å². The predicted octanol–water partition coefficient (Wildman–Crippen LogP) is 4.00. The first kappa shape index (κ1) is 42.4. The number of nitrogens with two attached hydrogens (primary N) is 1. The second kappa shape index (κ2) is 16.7. The Balaban J connectivity index is 0.000000230. The van der Waals surface area contributed by atoms with Crippen LogP contribution in [-0.2, 0) is 25.6 Å². The molecule has 0 spiro atoms. The standard InChI is InChI=1S/C12H9F2N5O2S.C10H5Cl2F3N4O2.C3H8NO5P/c1-7-5-6-19-11(15-7)16-12(17-19)22(20,21)18-10-8(13)3-2-4-9(10)14;11-5-1-4(10(13,14)15)2-6(12)8(5)18-9(16)7(3-17-18)19(20)21;5-3(6)1-4-2-10(7,8)9/h2-6,18H,1H3;1-3H,16H2;4H,1-2H2,(H,5,6)(H2,7,8,9). The number of nitrogen functional groups attached to an aromatic ring is 1. The monoisotopic (exact) mass is 834 g/mol. The first-order valence-corrected chi connectivity index (χ1v) is 17.6. The van der Waals surface area contributed by atoms with Gasteiger partial charge in [0.1, 0.15) is 29.2 Å². The lowest BCUT2D eigenvalue weighted by Gasteiger charge is -2.12. The topological polar surface area (TPSA) is 283 Å². The number of fused-ring (bicyclic) bond motifs is 1. The normalized spacial score (nSPS) is 11.7. The highest BCUT2D eigenvalue weighted by atomic mass is 35.5. The molecule has 0 atom stereocenters. The van der Waals surface area contributed by atoms with Gasteiger partial charge in [0.25, 0.3) is 21.0 Å². The number of aliphatic carboxylic acids is 1. The fourth-order valence-electron chi connectivity index (χ4n) is 3.64. The van der Waals surface area contributed by atoms with Crippen LogP contribution in [0.3, 0.4) is 0 Å². The van der Waals surface area contributed by atoms with Gasteiger partial charge in [-0.2, -0.15) is 31.7 Å². The van der Waals surface area contributed by atoms with Gasteiger partial charge in [0, 0.05) is 11.9 Å². The van der Waals surface area contributed by atoms with Crippen LogP contribution in [0.15, 0.2) is 53.9 Å². The molecule has 7 N–H and O–H groups in total. The number of alkyl halides is 3. The van der Waals surface area contributed by atoms with Crippen molar-refractivity contribution in [2.75, 3.05) is 23.3 Å². The summed E-state index contributed by atoms with van der Waals surface area (Å²) in [6.45, 7) is 1.26. The van der Waals surface area contributed by atoms with Crippen LogP contribution >= 0.6 is 30.8 Å². The van der Waals surface area contributed by atoms with Crippen molar-refractivity contribution >= 4 is 69.8 Å². The van der Waals surface area contributed by atoms with Gasteiger partial charge in [0.2, 0.25) is 5.82 Å². The Kier molecular flexibility index (Phi) is 13.4. The van der Waals surface area contributed by atoms with Crippen molar-refractivity contribution in [1.29, 1.82) is 0 Å². The fraction of sp³-hybridized carbons (Fsp3) is 0.160. The van der Waals surface area contributed by atoms with Crippen LogP contribution in [0.5, 0.6) is 0 Å². The maximum Gasteiger partial charge on any atom is 0.416 e. The van der Waals surface area contributed by atoms with E-state index < -0.39 is 87.1 Å². The summed E-state index contributed by atoms with van der Waals surface area (Å²) in [5.74, 6) is -3.56. The SMILES string of the molecule is Cc1ccn2nc(S(=O)(=O)Nc3c(F)cccc3F)nc2n1.Nc1c([N+](=O)[O-])cnn1-c1c(Cl)cc(C(F)(F)F)cc1Cl.O=C(O)CNCP(=O)(O)O. The van der Waals surface area contributed by atoms with Crippen molar-refractivity contribution in [1.82, 2.24) is 34.7 Å². The Hall–Kier alpha value is -5.04. The Morgan fingerprint density at radius 1 is 1.11 bits per heavy atom. The van der Waals surface area contributed by atoms with Gasteiger partial charge in [0.05, 0.1) is 33.4 Å². The molecule has 5 aromatic rings. The van der Waals surface area contributed by atoms with Crippen LogP contribution < -0.4 is 15.8 Å². The molecule has 0 aliphatic carbocycles. The highest BCUT2D eigenvalue weighted by Gasteiger charge is 2.33.